The fraction of sp³-hybridized carbons (Fsp3) is 0.267. The molecule has 0 aliphatic carbocycles. The molecule has 1 fully saturated rings. The van der Waals surface area contributed by atoms with E-state index in [1.807, 2.05) is 31.2 Å². The first-order valence-corrected chi connectivity index (χ1v) is 12.3. The van der Waals surface area contributed by atoms with Crippen LogP contribution in [0.25, 0.3) is 5.76 Å². The predicted octanol–water partition coefficient (Wildman–Crippen LogP) is 5.45. The molecule has 0 aromatic heterocycles. The molecule has 7 nitrogen and oxygen atoms in total. The summed E-state index contributed by atoms with van der Waals surface area (Å²) in [5, 5.41) is 21.0. The maximum absolute atomic E-state index is 13.2. The van der Waals surface area contributed by atoms with Gasteiger partial charge >= 0.3 is 0 Å². The minimum Gasteiger partial charge on any atom is -0.508 e. The molecule has 2 N–H and O–H groups in total. The van der Waals surface area contributed by atoms with Gasteiger partial charge in [0.15, 0.2) is 0 Å². The van der Waals surface area contributed by atoms with E-state index < -0.39 is 17.7 Å². The van der Waals surface area contributed by atoms with E-state index in [-0.39, 0.29) is 23.6 Å². The Kier molecular flexibility index (Phi) is 7.82. The molecule has 1 unspecified atom stereocenters. The number of phenols is 1. The maximum atomic E-state index is 13.2. The molecule has 1 aliphatic rings. The van der Waals surface area contributed by atoms with Crippen molar-refractivity contribution in [3.63, 3.8) is 0 Å². The Balaban J connectivity index is 1.71. The Labute approximate surface area is 216 Å². The van der Waals surface area contributed by atoms with Crippen molar-refractivity contribution in [1.29, 1.82) is 0 Å². The molecule has 1 aliphatic heterocycles. The molecule has 0 spiro atoms. The van der Waals surface area contributed by atoms with Gasteiger partial charge < -0.3 is 24.6 Å². The summed E-state index contributed by atoms with van der Waals surface area (Å²) in [7, 11) is 0. The van der Waals surface area contributed by atoms with Gasteiger partial charge in [0.2, 0.25) is 0 Å². The summed E-state index contributed by atoms with van der Waals surface area (Å²) in [6.07, 6.45) is 0. The summed E-state index contributed by atoms with van der Waals surface area (Å²) in [6.45, 7) is 7.27. The first kappa shape index (κ1) is 25.8. The Bertz CT molecular complexity index is 1280. The van der Waals surface area contributed by atoms with Crippen molar-refractivity contribution >= 4 is 17.4 Å². The maximum Gasteiger partial charge on any atom is 0.295 e. The van der Waals surface area contributed by atoms with Crippen LogP contribution >= 0.6 is 0 Å². The molecule has 1 atom stereocenters. The van der Waals surface area contributed by atoms with Crippen LogP contribution in [0.1, 0.15) is 43.5 Å². The minimum atomic E-state index is -0.830. The van der Waals surface area contributed by atoms with Gasteiger partial charge in [-0.05, 0) is 72.5 Å². The molecule has 3 aromatic rings. The zero-order chi connectivity index (χ0) is 26.5. The summed E-state index contributed by atoms with van der Waals surface area (Å²) >= 11 is 0. The molecule has 0 saturated carbocycles. The third kappa shape index (κ3) is 5.77. The quantitative estimate of drug-likeness (QED) is 0.230. The van der Waals surface area contributed by atoms with E-state index in [2.05, 4.69) is 13.8 Å². The number of carbonyl (C=O) groups is 2. The number of carbonyl (C=O) groups excluding carboxylic acids is 2. The topological polar surface area (TPSA) is 96.3 Å². The number of aromatic hydroxyl groups is 1. The molecule has 3 aromatic carbocycles. The SMILES string of the molecule is CCOc1ccc(/C(O)=C2/C(=O)C(=O)N(Cc3ccc(OCC(C)C)cc3)C2c2ccc(O)cc2)cc1. The number of rotatable bonds is 9. The number of likely N-dealkylation sites (tertiary alicyclic amines) is 1. The number of benzene rings is 3. The highest BCUT2D eigenvalue weighted by Gasteiger charge is 2.46. The van der Waals surface area contributed by atoms with Gasteiger partial charge in [-0.2, -0.15) is 0 Å². The molecular formula is C30H31NO6. The van der Waals surface area contributed by atoms with Gasteiger partial charge in [0.05, 0.1) is 24.8 Å². The largest absolute Gasteiger partial charge is 0.508 e. The van der Waals surface area contributed by atoms with Crippen LogP contribution in [0.2, 0.25) is 0 Å². The standard InChI is InChI=1S/C30H31NO6/c1-4-36-24-15-9-22(10-16-24)28(33)26-27(21-7-11-23(32)12-8-21)31(30(35)29(26)34)17-20-5-13-25(14-6-20)37-18-19(2)3/h5-16,19,27,32-33H,4,17-18H2,1-3H3/b28-26-. The monoisotopic (exact) mass is 501 g/mol. The lowest BCUT2D eigenvalue weighted by Crippen LogP contribution is -2.29. The van der Waals surface area contributed by atoms with Gasteiger partial charge in [-0.15, -0.1) is 0 Å². The highest BCUT2D eigenvalue weighted by atomic mass is 16.5. The number of aliphatic hydroxyl groups excluding tert-OH is 1. The van der Waals surface area contributed by atoms with Gasteiger partial charge in [-0.25, -0.2) is 0 Å². The van der Waals surface area contributed by atoms with Gasteiger partial charge in [0, 0.05) is 12.1 Å². The normalized spacial score (nSPS) is 16.9. The Morgan fingerprint density at radius 3 is 2.08 bits per heavy atom. The number of hydrogen-bond acceptors (Lipinski definition) is 6. The number of hydrogen-bond donors (Lipinski definition) is 2. The first-order chi connectivity index (χ1) is 17.8. The van der Waals surface area contributed by atoms with Gasteiger partial charge in [-0.3, -0.25) is 9.59 Å². The first-order valence-electron chi connectivity index (χ1n) is 12.3. The second-order valence-electron chi connectivity index (χ2n) is 9.32. The van der Waals surface area contributed by atoms with Crippen LogP contribution in [0.15, 0.2) is 78.4 Å². The molecule has 1 amide bonds. The number of phenolic OH excluding ortho intramolecular Hbond substituents is 1. The van der Waals surface area contributed by atoms with Crippen molar-refractivity contribution in [2.45, 2.75) is 33.4 Å². The van der Waals surface area contributed by atoms with Crippen LogP contribution in [-0.4, -0.2) is 40.0 Å². The lowest BCUT2D eigenvalue weighted by atomic mass is 9.95. The average molecular weight is 502 g/mol. The fourth-order valence-corrected chi connectivity index (χ4v) is 4.23. The van der Waals surface area contributed by atoms with E-state index in [1.165, 1.54) is 17.0 Å². The third-order valence-corrected chi connectivity index (χ3v) is 6.05. The summed E-state index contributed by atoms with van der Waals surface area (Å²) in [4.78, 5) is 27.9. The van der Waals surface area contributed by atoms with Gasteiger partial charge in [-0.1, -0.05) is 38.1 Å². The fourth-order valence-electron chi connectivity index (χ4n) is 4.23. The van der Waals surface area contributed by atoms with Crippen molar-refractivity contribution in [1.82, 2.24) is 4.90 Å². The summed E-state index contributed by atoms with van der Waals surface area (Å²) in [5.74, 6) is 0.0865. The number of amides is 1. The molecule has 192 valence electrons. The lowest BCUT2D eigenvalue weighted by Gasteiger charge is -2.25. The molecule has 4 rings (SSSR count). The van der Waals surface area contributed by atoms with E-state index in [4.69, 9.17) is 9.47 Å². The van der Waals surface area contributed by atoms with E-state index in [1.54, 1.807) is 36.4 Å². The van der Waals surface area contributed by atoms with Gasteiger partial charge in [0.1, 0.15) is 23.0 Å². The van der Waals surface area contributed by atoms with Crippen LogP contribution < -0.4 is 9.47 Å². The summed E-state index contributed by atoms with van der Waals surface area (Å²) in [6, 6.07) is 19.5. The molecule has 1 heterocycles. The zero-order valence-electron chi connectivity index (χ0n) is 21.2. The Morgan fingerprint density at radius 2 is 1.49 bits per heavy atom. The number of Topliss-reactive ketones (excluding diaryl/α,β-unsaturated/α-hetero) is 1. The average Bonchev–Trinajstić information content (AvgIpc) is 3.14. The molecule has 7 heteroatoms. The van der Waals surface area contributed by atoms with Crippen LogP contribution in [0, 0.1) is 5.92 Å². The van der Waals surface area contributed by atoms with Crippen LogP contribution in [0.3, 0.4) is 0 Å². The van der Waals surface area contributed by atoms with Crippen LogP contribution in [-0.2, 0) is 16.1 Å². The number of ether oxygens (including phenoxy) is 2. The van der Waals surface area contributed by atoms with E-state index >= 15 is 0 Å². The number of nitrogens with zero attached hydrogens (tertiary/aromatic N) is 1. The summed E-state index contributed by atoms with van der Waals surface area (Å²) < 4.78 is 11.2. The van der Waals surface area contributed by atoms with Crippen molar-refractivity contribution < 1.29 is 29.3 Å². The van der Waals surface area contributed by atoms with E-state index in [0.717, 1.165) is 11.3 Å². The minimum absolute atomic E-state index is 0.00302. The molecule has 0 radical (unpaired) electrons. The van der Waals surface area contributed by atoms with E-state index in [9.17, 15) is 19.8 Å². The summed E-state index contributed by atoms with van der Waals surface area (Å²) in [5.41, 5.74) is 1.80. The molecule has 1 saturated heterocycles. The Morgan fingerprint density at radius 1 is 0.892 bits per heavy atom. The van der Waals surface area contributed by atoms with Crippen LogP contribution in [0.4, 0.5) is 0 Å². The lowest BCUT2D eigenvalue weighted by molar-refractivity contribution is -0.140. The predicted molar refractivity (Wildman–Crippen MR) is 140 cm³/mol. The molecule has 37 heavy (non-hydrogen) atoms. The zero-order valence-corrected chi connectivity index (χ0v) is 21.2. The van der Waals surface area contributed by atoms with Crippen LogP contribution in [0.5, 0.6) is 17.2 Å². The molecule has 0 bridgehead atoms. The smallest absolute Gasteiger partial charge is 0.295 e. The van der Waals surface area contributed by atoms with Crippen molar-refractivity contribution in [3.05, 3.63) is 95.1 Å². The number of aliphatic hydroxyl groups is 1. The highest BCUT2D eigenvalue weighted by Crippen LogP contribution is 2.41. The van der Waals surface area contributed by atoms with Gasteiger partial charge in [0.25, 0.3) is 11.7 Å². The number of ketones is 1. The Hall–Kier alpha value is -4.26. The highest BCUT2D eigenvalue weighted by molar-refractivity contribution is 6.46. The second-order valence-corrected chi connectivity index (χ2v) is 9.32. The van der Waals surface area contributed by atoms with Crippen molar-refractivity contribution in [2.75, 3.05) is 13.2 Å². The molecular weight excluding hydrogens is 470 g/mol. The van der Waals surface area contributed by atoms with Crippen molar-refractivity contribution in [2.24, 2.45) is 5.92 Å². The third-order valence-electron chi connectivity index (χ3n) is 6.05. The van der Waals surface area contributed by atoms with E-state index in [0.29, 0.717) is 36.0 Å². The second kappa shape index (κ2) is 11.2. The van der Waals surface area contributed by atoms with Crippen molar-refractivity contribution in [3.8, 4) is 17.2 Å².